The molecule has 1 saturated carbocycles. The second-order valence-electron chi connectivity index (χ2n) is 8.87. The van der Waals surface area contributed by atoms with Gasteiger partial charge >= 0.3 is 11.9 Å². The van der Waals surface area contributed by atoms with E-state index in [-0.39, 0.29) is 28.9 Å². The van der Waals surface area contributed by atoms with E-state index >= 15 is 0 Å². The van der Waals surface area contributed by atoms with Crippen LogP contribution in [0.5, 0.6) is 0 Å². The number of carboxylic acid groups (broad SMARTS) is 1. The molecule has 180 valence electrons. The zero-order valence-electron chi connectivity index (χ0n) is 18.6. The van der Waals surface area contributed by atoms with Crippen LogP contribution in [0.4, 0.5) is 5.13 Å². The van der Waals surface area contributed by atoms with Crippen molar-refractivity contribution in [3.8, 4) is 0 Å². The molecule has 2 aliphatic rings. The zero-order valence-corrected chi connectivity index (χ0v) is 19.4. The molecule has 1 unspecified atom stereocenters. The zero-order chi connectivity index (χ0) is 24.4. The number of thiazole rings is 1. The largest absolute Gasteiger partial charge is 0.479 e. The van der Waals surface area contributed by atoms with Gasteiger partial charge in [0.2, 0.25) is 12.5 Å². The number of carbonyl (C=O) groups excluding carboxylic acids is 3. The topological polar surface area (TPSA) is 174 Å². The average Bonchev–Trinajstić information content (AvgIpc) is 3.33. The quantitative estimate of drug-likeness (QED) is 0.210. The molecular weight excluding hydrogens is 454 g/mol. The number of rotatable bonds is 8. The number of esters is 1. The number of nitrogens with zero attached hydrogens (tertiary/aromatic N) is 3. The molecule has 0 spiro atoms. The van der Waals surface area contributed by atoms with Gasteiger partial charge in [-0.05, 0) is 33.6 Å². The van der Waals surface area contributed by atoms with E-state index in [2.05, 4.69) is 15.5 Å². The summed E-state index contributed by atoms with van der Waals surface area (Å²) in [7, 11) is 0. The van der Waals surface area contributed by atoms with Gasteiger partial charge in [0.1, 0.15) is 23.0 Å². The summed E-state index contributed by atoms with van der Waals surface area (Å²) in [6.07, 6.45) is 1.16. The molecule has 2 fully saturated rings. The Labute approximate surface area is 194 Å². The molecule has 1 aromatic rings. The van der Waals surface area contributed by atoms with Crippen molar-refractivity contribution in [2.75, 3.05) is 12.3 Å². The van der Waals surface area contributed by atoms with E-state index in [4.69, 9.17) is 15.3 Å². The molecule has 33 heavy (non-hydrogen) atoms. The molecule has 0 aromatic carbocycles. The standard InChI is InChI=1S/C20H27N5O7S/c1-19(2,3)32-14(27)9-31-24-15(11-10-33-18(21)22-11)16(28)23-12-8-13(26)25(12)20(17(29)30)6-4-5-7-20/h10,12H,4-9H2,1-3H3,(H2,21,22)(H,23,28)(H,29,30)/b24-15+. The Bertz CT molecular complexity index is 978. The lowest BCUT2D eigenvalue weighted by Crippen LogP contribution is -2.71. The van der Waals surface area contributed by atoms with Crippen LogP contribution in [-0.4, -0.2) is 68.4 Å². The second kappa shape index (κ2) is 9.33. The fourth-order valence-electron chi connectivity index (χ4n) is 3.93. The van der Waals surface area contributed by atoms with Gasteiger partial charge < -0.3 is 30.6 Å². The van der Waals surface area contributed by atoms with Crippen LogP contribution < -0.4 is 11.1 Å². The minimum atomic E-state index is -1.33. The number of anilines is 1. The van der Waals surface area contributed by atoms with Crippen molar-refractivity contribution < 1.29 is 33.9 Å². The van der Waals surface area contributed by atoms with Crippen molar-refractivity contribution in [3.05, 3.63) is 11.1 Å². The Hall–Kier alpha value is -3.22. The van der Waals surface area contributed by atoms with E-state index in [0.29, 0.717) is 25.7 Å². The summed E-state index contributed by atoms with van der Waals surface area (Å²) in [5.41, 5.74) is 3.47. The predicted octanol–water partition coefficient (Wildman–Crippen LogP) is 0.860. The van der Waals surface area contributed by atoms with Gasteiger partial charge in [0.15, 0.2) is 10.8 Å². The van der Waals surface area contributed by atoms with Crippen molar-refractivity contribution in [2.45, 2.75) is 70.2 Å². The summed E-state index contributed by atoms with van der Waals surface area (Å²) < 4.78 is 5.13. The Morgan fingerprint density at radius 2 is 2.03 bits per heavy atom. The first kappa shape index (κ1) is 24.4. The van der Waals surface area contributed by atoms with Gasteiger partial charge in [0.25, 0.3) is 5.91 Å². The van der Waals surface area contributed by atoms with Gasteiger partial charge in [-0.2, -0.15) is 0 Å². The molecule has 13 heteroatoms. The molecule has 1 aliphatic heterocycles. The Morgan fingerprint density at radius 1 is 1.36 bits per heavy atom. The van der Waals surface area contributed by atoms with Crippen LogP contribution >= 0.6 is 11.3 Å². The van der Waals surface area contributed by atoms with Crippen LogP contribution in [0.15, 0.2) is 10.5 Å². The van der Waals surface area contributed by atoms with E-state index < -0.39 is 41.8 Å². The van der Waals surface area contributed by atoms with Gasteiger partial charge in [0, 0.05) is 5.38 Å². The van der Waals surface area contributed by atoms with E-state index in [1.807, 2.05) is 0 Å². The van der Waals surface area contributed by atoms with Gasteiger partial charge in [0.05, 0.1) is 6.42 Å². The van der Waals surface area contributed by atoms with Crippen molar-refractivity contribution in [1.82, 2.24) is 15.2 Å². The van der Waals surface area contributed by atoms with E-state index in [0.717, 1.165) is 11.3 Å². The van der Waals surface area contributed by atoms with E-state index in [1.165, 1.54) is 10.3 Å². The van der Waals surface area contributed by atoms with Crippen LogP contribution in [0.2, 0.25) is 0 Å². The highest BCUT2D eigenvalue weighted by Gasteiger charge is 2.56. The third kappa shape index (κ3) is 5.41. The maximum absolute atomic E-state index is 13.0. The molecule has 2 heterocycles. The number of hydrogen-bond donors (Lipinski definition) is 3. The number of nitrogens with two attached hydrogens (primary N) is 1. The molecule has 12 nitrogen and oxygen atoms in total. The molecule has 1 saturated heterocycles. The van der Waals surface area contributed by atoms with Gasteiger partial charge in [-0.1, -0.05) is 18.0 Å². The highest BCUT2D eigenvalue weighted by molar-refractivity contribution is 7.13. The number of aromatic nitrogens is 1. The molecule has 1 aliphatic carbocycles. The number of nitrogens with one attached hydrogen (secondary N) is 1. The lowest BCUT2D eigenvalue weighted by Gasteiger charge is -2.49. The van der Waals surface area contributed by atoms with Crippen LogP contribution in [0, 0.1) is 0 Å². The fraction of sp³-hybridized carbons (Fsp3) is 0.600. The molecule has 1 atom stereocenters. The number of nitrogen functional groups attached to an aromatic ring is 1. The first-order chi connectivity index (χ1) is 15.4. The molecule has 2 amide bonds. The third-order valence-corrected chi connectivity index (χ3v) is 5.95. The third-order valence-electron chi connectivity index (χ3n) is 5.27. The SMILES string of the molecule is CC(C)(C)OC(=O)CO/N=C(/C(=O)NC1CC(=O)N1C1(C(=O)O)CCCC1)c1csc(N)n1. The normalized spacial score (nSPS) is 20.2. The number of ether oxygens (including phenoxy) is 1. The van der Waals surface area contributed by atoms with Crippen LogP contribution in [0.1, 0.15) is 58.6 Å². The summed E-state index contributed by atoms with van der Waals surface area (Å²) >= 11 is 1.08. The Morgan fingerprint density at radius 3 is 2.55 bits per heavy atom. The minimum absolute atomic E-state index is 0.0357. The number of β-lactam (4-membered cyclic amide) rings is 1. The molecule has 4 N–H and O–H groups in total. The maximum atomic E-state index is 13.0. The molecule has 1 aromatic heterocycles. The van der Waals surface area contributed by atoms with Crippen molar-refractivity contribution >= 4 is 45.9 Å². The maximum Gasteiger partial charge on any atom is 0.347 e. The molecular formula is C20H27N5O7S. The number of aliphatic carboxylic acids is 1. The highest BCUT2D eigenvalue weighted by Crippen LogP contribution is 2.41. The van der Waals surface area contributed by atoms with Crippen molar-refractivity contribution in [1.29, 1.82) is 0 Å². The first-order valence-electron chi connectivity index (χ1n) is 10.4. The van der Waals surface area contributed by atoms with Crippen molar-refractivity contribution in [2.24, 2.45) is 5.16 Å². The monoisotopic (exact) mass is 481 g/mol. The Balaban J connectivity index is 1.74. The molecule has 0 bridgehead atoms. The van der Waals surface area contributed by atoms with Gasteiger partial charge in [-0.15, -0.1) is 11.3 Å². The smallest absolute Gasteiger partial charge is 0.347 e. The van der Waals surface area contributed by atoms with Crippen molar-refractivity contribution in [3.63, 3.8) is 0 Å². The highest BCUT2D eigenvalue weighted by atomic mass is 32.1. The summed E-state index contributed by atoms with van der Waals surface area (Å²) in [5, 5.41) is 17.9. The predicted molar refractivity (Wildman–Crippen MR) is 117 cm³/mol. The number of amides is 2. The Kier molecular flexibility index (Phi) is 6.91. The van der Waals surface area contributed by atoms with Crippen LogP contribution in [-0.2, 0) is 28.8 Å². The number of likely N-dealkylation sites (tertiary alicyclic amines) is 1. The summed E-state index contributed by atoms with van der Waals surface area (Å²) in [4.78, 5) is 59.4. The molecule has 0 radical (unpaired) electrons. The first-order valence-corrected chi connectivity index (χ1v) is 11.3. The second-order valence-corrected chi connectivity index (χ2v) is 9.76. The average molecular weight is 482 g/mol. The summed E-state index contributed by atoms with van der Waals surface area (Å²) in [5.74, 6) is -2.86. The number of carbonyl (C=O) groups is 4. The molecule has 3 rings (SSSR count). The number of oxime groups is 1. The number of carboxylic acids is 1. The minimum Gasteiger partial charge on any atom is -0.479 e. The lowest BCUT2D eigenvalue weighted by molar-refractivity contribution is -0.175. The summed E-state index contributed by atoms with van der Waals surface area (Å²) in [6, 6.07) is 0. The van der Waals surface area contributed by atoms with Gasteiger partial charge in [-0.3, -0.25) is 9.59 Å². The van der Waals surface area contributed by atoms with Gasteiger partial charge in [-0.25, -0.2) is 14.6 Å². The van der Waals surface area contributed by atoms with Crippen LogP contribution in [0.25, 0.3) is 0 Å². The lowest BCUT2D eigenvalue weighted by atomic mass is 9.89. The fourth-order valence-corrected chi connectivity index (χ4v) is 4.48. The summed E-state index contributed by atoms with van der Waals surface area (Å²) in [6.45, 7) is 4.56. The van der Waals surface area contributed by atoms with Crippen LogP contribution in [0.3, 0.4) is 0 Å². The number of hydrogen-bond acceptors (Lipinski definition) is 10. The van der Waals surface area contributed by atoms with E-state index in [1.54, 1.807) is 20.8 Å². The van der Waals surface area contributed by atoms with E-state index in [9.17, 15) is 24.3 Å².